The Hall–Kier alpha value is -1.59. The number of methoxy groups -OCH3 is 1. The van der Waals surface area contributed by atoms with Gasteiger partial charge >= 0.3 is 5.97 Å². The number of aromatic carboxylic acids is 1. The van der Waals surface area contributed by atoms with Gasteiger partial charge in [-0.05, 0) is 36.9 Å². The summed E-state index contributed by atoms with van der Waals surface area (Å²) < 4.78 is 5.22. The number of nitrogen functional groups attached to an aromatic ring is 1. The van der Waals surface area contributed by atoms with Crippen LogP contribution in [0, 0.1) is 5.92 Å². The molecule has 1 aromatic carbocycles. The third-order valence-electron chi connectivity index (χ3n) is 3.80. The number of carbonyl (C=O) groups is 1. The summed E-state index contributed by atoms with van der Waals surface area (Å²) >= 11 is 0. The van der Waals surface area contributed by atoms with Crippen molar-refractivity contribution in [1.29, 1.82) is 0 Å². The maximum atomic E-state index is 11.3. The van der Waals surface area contributed by atoms with Crippen molar-refractivity contribution in [3.05, 3.63) is 29.3 Å². The first kappa shape index (κ1) is 14.8. The molecule has 0 aliphatic carbocycles. The standard InChI is InChI=1S/C15H22N2O3/c1-20-10-11-4-3-7-17(8-11)9-12-5-2-6-13(16)14(12)15(18)19/h2,5-6,11H,3-4,7-10,16H2,1H3,(H,18,19). The fourth-order valence-electron chi connectivity index (χ4n) is 2.92. The van der Waals surface area contributed by atoms with E-state index >= 15 is 0 Å². The summed E-state index contributed by atoms with van der Waals surface area (Å²) in [4.78, 5) is 13.6. The van der Waals surface area contributed by atoms with Gasteiger partial charge in [0.15, 0.2) is 0 Å². The number of anilines is 1. The topological polar surface area (TPSA) is 75.8 Å². The number of ether oxygens (including phenoxy) is 1. The molecule has 1 atom stereocenters. The molecule has 3 N–H and O–H groups in total. The Labute approximate surface area is 119 Å². The Morgan fingerprint density at radius 2 is 2.35 bits per heavy atom. The molecule has 0 spiro atoms. The SMILES string of the molecule is COCC1CCCN(Cc2cccc(N)c2C(=O)O)C1. The molecule has 0 bridgehead atoms. The van der Waals surface area contributed by atoms with E-state index in [0.717, 1.165) is 31.7 Å². The van der Waals surface area contributed by atoms with E-state index in [2.05, 4.69) is 4.90 Å². The highest BCUT2D eigenvalue weighted by Crippen LogP contribution is 2.22. The van der Waals surface area contributed by atoms with E-state index in [0.29, 0.717) is 18.2 Å². The summed E-state index contributed by atoms with van der Waals surface area (Å²) in [5.41, 5.74) is 7.14. The van der Waals surface area contributed by atoms with Crippen LogP contribution in [0.5, 0.6) is 0 Å². The first-order chi connectivity index (χ1) is 9.61. The smallest absolute Gasteiger partial charge is 0.338 e. The molecule has 1 heterocycles. The summed E-state index contributed by atoms with van der Waals surface area (Å²) in [6, 6.07) is 5.30. The molecule has 0 amide bonds. The lowest BCUT2D eigenvalue weighted by molar-refractivity contribution is 0.0690. The van der Waals surface area contributed by atoms with E-state index in [1.807, 2.05) is 12.1 Å². The molecular weight excluding hydrogens is 256 g/mol. The van der Waals surface area contributed by atoms with Gasteiger partial charge in [0.05, 0.1) is 12.2 Å². The van der Waals surface area contributed by atoms with E-state index < -0.39 is 5.97 Å². The molecule has 110 valence electrons. The van der Waals surface area contributed by atoms with E-state index in [1.165, 1.54) is 6.42 Å². The molecule has 0 aromatic heterocycles. The molecule has 0 saturated carbocycles. The van der Waals surface area contributed by atoms with Crippen LogP contribution >= 0.6 is 0 Å². The Morgan fingerprint density at radius 1 is 1.55 bits per heavy atom. The second kappa shape index (κ2) is 6.72. The van der Waals surface area contributed by atoms with Gasteiger partial charge < -0.3 is 15.6 Å². The minimum Gasteiger partial charge on any atom is -0.478 e. The predicted octanol–water partition coefficient (Wildman–Crippen LogP) is 1.83. The van der Waals surface area contributed by atoms with Gasteiger partial charge in [-0.1, -0.05) is 12.1 Å². The van der Waals surface area contributed by atoms with E-state index in [1.54, 1.807) is 13.2 Å². The second-order valence-electron chi connectivity index (χ2n) is 5.39. The van der Waals surface area contributed by atoms with Crippen molar-refractivity contribution < 1.29 is 14.6 Å². The van der Waals surface area contributed by atoms with Crippen LogP contribution in [0.25, 0.3) is 0 Å². The molecule has 5 heteroatoms. The van der Waals surface area contributed by atoms with Gasteiger partial charge in [-0.25, -0.2) is 4.79 Å². The third-order valence-corrected chi connectivity index (χ3v) is 3.80. The van der Waals surface area contributed by atoms with E-state index in [-0.39, 0.29) is 5.56 Å². The van der Waals surface area contributed by atoms with Crippen LogP contribution in [0.2, 0.25) is 0 Å². The third kappa shape index (κ3) is 3.49. The fourth-order valence-corrected chi connectivity index (χ4v) is 2.92. The fraction of sp³-hybridized carbons (Fsp3) is 0.533. The Kier molecular flexibility index (Phi) is 4.98. The van der Waals surface area contributed by atoms with Gasteiger partial charge in [0, 0.05) is 25.9 Å². The van der Waals surface area contributed by atoms with Gasteiger partial charge in [-0.3, -0.25) is 4.90 Å². The molecule has 1 unspecified atom stereocenters. The highest BCUT2D eigenvalue weighted by molar-refractivity contribution is 5.95. The van der Waals surface area contributed by atoms with Gasteiger partial charge in [-0.2, -0.15) is 0 Å². The number of nitrogens with zero attached hydrogens (tertiary/aromatic N) is 1. The molecule has 5 nitrogen and oxygen atoms in total. The first-order valence-corrected chi connectivity index (χ1v) is 6.93. The molecular formula is C15H22N2O3. The number of benzene rings is 1. The maximum absolute atomic E-state index is 11.3. The first-order valence-electron chi connectivity index (χ1n) is 6.93. The van der Waals surface area contributed by atoms with Crippen LogP contribution in [0.4, 0.5) is 5.69 Å². The monoisotopic (exact) mass is 278 g/mol. The molecule has 1 fully saturated rings. The van der Waals surface area contributed by atoms with E-state index in [9.17, 15) is 9.90 Å². The van der Waals surface area contributed by atoms with Crippen LogP contribution in [-0.2, 0) is 11.3 Å². The second-order valence-corrected chi connectivity index (χ2v) is 5.39. The number of nitrogens with two attached hydrogens (primary N) is 1. The quantitative estimate of drug-likeness (QED) is 0.804. The van der Waals surface area contributed by atoms with Crippen molar-refractivity contribution in [2.45, 2.75) is 19.4 Å². The van der Waals surface area contributed by atoms with Crippen LogP contribution in [-0.4, -0.2) is 42.8 Å². The highest BCUT2D eigenvalue weighted by atomic mass is 16.5. The molecule has 1 saturated heterocycles. The number of carboxylic acids is 1. The van der Waals surface area contributed by atoms with Crippen LogP contribution in [0.1, 0.15) is 28.8 Å². The normalized spacial score (nSPS) is 19.9. The lowest BCUT2D eigenvalue weighted by Gasteiger charge is -2.32. The van der Waals surface area contributed by atoms with Crippen molar-refractivity contribution in [2.24, 2.45) is 5.92 Å². The number of likely N-dealkylation sites (tertiary alicyclic amines) is 1. The number of hydrogen-bond acceptors (Lipinski definition) is 4. The van der Waals surface area contributed by atoms with E-state index in [4.69, 9.17) is 10.5 Å². The summed E-state index contributed by atoms with van der Waals surface area (Å²) in [7, 11) is 1.72. The van der Waals surface area contributed by atoms with Gasteiger partial charge in [0.2, 0.25) is 0 Å². The van der Waals surface area contributed by atoms with Crippen LogP contribution in [0.15, 0.2) is 18.2 Å². The average Bonchev–Trinajstić information content (AvgIpc) is 2.39. The Bertz CT molecular complexity index is 474. The molecule has 2 rings (SSSR count). The minimum absolute atomic E-state index is 0.237. The average molecular weight is 278 g/mol. The summed E-state index contributed by atoms with van der Waals surface area (Å²) in [6.45, 7) is 3.34. The van der Waals surface area contributed by atoms with Crippen molar-refractivity contribution in [3.63, 3.8) is 0 Å². The summed E-state index contributed by atoms with van der Waals surface area (Å²) in [6.07, 6.45) is 2.30. The lowest BCUT2D eigenvalue weighted by atomic mass is 9.97. The molecule has 20 heavy (non-hydrogen) atoms. The zero-order chi connectivity index (χ0) is 14.5. The van der Waals surface area contributed by atoms with Crippen molar-refractivity contribution in [1.82, 2.24) is 4.90 Å². The molecule has 0 radical (unpaired) electrons. The highest BCUT2D eigenvalue weighted by Gasteiger charge is 2.22. The Balaban J connectivity index is 2.10. The number of piperidine rings is 1. The Morgan fingerprint density at radius 3 is 3.05 bits per heavy atom. The number of hydrogen-bond donors (Lipinski definition) is 2. The van der Waals surface area contributed by atoms with Gasteiger partial charge in [0.1, 0.15) is 0 Å². The number of carboxylic acid groups (broad SMARTS) is 1. The predicted molar refractivity (Wildman–Crippen MR) is 77.7 cm³/mol. The summed E-state index contributed by atoms with van der Waals surface area (Å²) in [5, 5.41) is 9.29. The number of rotatable bonds is 5. The van der Waals surface area contributed by atoms with Gasteiger partial charge in [-0.15, -0.1) is 0 Å². The zero-order valence-corrected chi connectivity index (χ0v) is 11.8. The largest absolute Gasteiger partial charge is 0.478 e. The zero-order valence-electron chi connectivity index (χ0n) is 11.8. The van der Waals surface area contributed by atoms with Crippen LogP contribution < -0.4 is 5.73 Å². The lowest BCUT2D eigenvalue weighted by Crippen LogP contribution is -2.37. The molecule has 1 aliphatic heterocycles. The molecule has 1 aromatic rings. The minimum atomic E-state index is -0.955. The maximum Gasteiger partial charge on any atom is 0.338 e. The van der Waals surface area contributed by atoms with Crippen molar-refractivity contribution in [3.8, 4) is 0 Å². The molecule has 1 aliphatic rings. The van der Waals surface area contributed by atoms with Crippen LogP contribution in [0.3, 0.4) is 0 Å². The van der Waals surface area contributed by atoms with Crippen molar-refractivity contribution in [2.75, 3.05) is 32.5 Å². The van der Waals surface area contributed by atoms with Crippen molar-refractivity contribution >= 4 is 11.7 Å². The summed E-state index contributed by atoms with van der Waals surface area (Å²) in [5.74, 6) is -0.424. The van der Waals surface area contributed by atoms with Gasteiger partial charge in [0.25, 0.3) is 0 Å².